The van der Waals surface area contributed by atoms with Crippen LogP contribution >= 0.6 is 0 Å². The van der Waals surface area contributed by atoms with Gasteiger partial charge in [0.05, 0.1) is 6.54 Å². The average molecular weight is 297 g/mol. The summed E-state index contributed by atoms with van der Waals surface area (Å²) in [4.78, 5) is 37.9. The van der Waals surface area contributed by atoms with Gasteiger partial charge >= 0.3 is 6.09 Å². The molecule has 1 N–H and O–H groups in total. The van der Waals surface area contributed by atoms with Gasteiger partial charge in [-0.05, 0) is 19.3 Å². The molecule has 3 amide bonds. The number of amides is 3. The molecule has 2 aliphatic heterocycles. The molecule has 0 bridgehead atoms. The highest BCUT2D eigenvalue weighted by Crippen LogP contribution is 2.17. The van der Waals surface area contributed by atoms with Gasteiger partial charge in [0.2, 0.25) is 11.8 Å². The molecule has 2 saturated heterocycles. The second-order valence-corrected chi connectivity index (χ2v) is 5.53. The van der Waals surface area contributed by atoms with Crippen LogP contribution in [0.3, 0.4) is 0 Å². The van der Waals surface area contributed by atoms with Gasteiger partial charge in [-0.1, -0.05) is 0 Å². The van der Waals surface area contributed by atoms with Gasteiger partial charge < -0.3 is 19.9 Å². The van der Waals surface area contributed by atoms with Gasteiger partial charge in [0, 0.05) is 39.0 Å². The summed E-state index contributed by atoms with van der Waals surface area (Å²) in [5, 5.41) is 2.91. The van der Waals surface area contributed by atoms with E-state index >= 15 is 0 Å². The fourth-order valence-electron chi connectivity index (χ4n) is 2.71. The van der Waals surface area contributed by atoms with Crippen molar-refractivity contribution in [3.63, 3.8) is 0 Å². The minimum atomic E-state index is -0.266. The van der Waals surface area contributed by atoms with Crippen molar-refractivity contribution in [2.45, 2.75) is 26.2 Å². The average Bonchev–Trinajstić information content (AvgIpc) is 2.89. The van der Waals surface area contributed by atoms with Crippen LogP contribution in [0, 0.1) is 5.92 Å². The molecule has 7 nitrogen and oxygen atoms in total. The van der Waals surface area contributed by atoms with E-state index in [1.165, 1.54) is 0 Å². The Morgan fingerprint density at radius 3 is 2.57 bits per heavy atom. The van der Waals surface area contributed by atoms with Crippen molar-refractivity contribution in [2.24, 2.45) is 5.92 Å². The Morgan fingerprint density at radius 2 is 2.00 bits per heavy atom. The smallest absolute Gasteiger partial charge is 0.409 e. The molecule has 0 unspecified atom stereocenters. The van der Waals surface area contributed by atoms with Crippen molar-refractivity contribution in [2.75, 3.05) is 39.3 Å². The fourth-order valence-corrected chi connectivity index (χ4v) is 2.71. The van der Waals surface area contributed by atoms with Gasteiger partial charge in [0.15, 0.2) is 0 Å². The third-order valence-corrected chi connectivity index (χ3v) is 4.06. The molecule has 0 aliphatic carbocycles. The maximum Gasteiger partial charge on any atom is 0.409 e. The van der Waals surface area contributed by atoms with Gasteiger partial charge in [-0.15, -0.1) is 0 Å². The van der Waals surface area contributed by atoms with E-state index in [1.54, 1.807) is 16.7 Å². The van der Waals surface area contributed by atoms with Crippen LogP contribution in [0.4, 0.5) is 4.79 Å². The van der Waals surface area contributed by atoms with Gasteiger partial charge in [0.25, 0.3) is 0 Å². The number of nitrogens with one attached hydrogen (secondary N) is 1. The molecule has 0 aromatic rings. The van der Waals surface area contributed by atoms with E-state index in [4.69, 9.17) is 4.74 Å². The van der Waals surface area contributed by atoms with Crippen molar-refractivity contribution >= 4 is 17.9 Å². The number of rotatable bonds is 5. The van der Waals surface area contributed by atoms with Crippen LogP contribution in [-0.2, 0) is 14.3 Å². The normalized spacial score (nSPS) is 19.6. The maximum atomic E-state index is 12.0. The number of likely N-dealkylation sites (tertiary alicyclic amines) is 1. The molecular weight excluding hydrogens is 274 g/mol. The largest absolute Gasteiger partial charge is 0.448 e. The van der Waals surface area contributed by atoms with Gasteiger partial charge in [-0.2, -0.15) is 0 Å². The Morgan fingerprint density at radius 1 is 1.29 bits per heavy atom. The number of hydrogen-bond acceptors (Lipinski definition) is 4. The van der Waals surface area contributed by atoms with E-state index < -0.39 is 0 Å². The molecule has 21 heavy (non-hydrogen) atoms. The number of ether oxygens (including phenoxy) is 1. The molecule has 0 spiro atoms. The highest BCUT2D eigenvalue weighted by atomic mass is 16.6. The zero-order valence-corrected chi connectivity index (χ0v) is 12.5. The van der Waals surface area contributed by atoms with E-state index in [0.717, 1.165) is 19.3 Å². The minimum Gasteiger partial charge on any atom is -0.448 e. The molecule has 2 heterocycles. The molecule has 0 aromatic carbocycles. The summed E-state index contributed by atoms with van der Waals surface area (Å²) < 4.78 is 4.84. The number of cyclic esters (lactones) is 1. The van der Waals surface area contributed by atoms with Crippen LogP contribution in [0.5, 0.6) is 0 Å². The molecule has 2 rings (SSSR count). The van der Waals surface area contributed by atoms with E-state index in [2.05, 4.69) is 5.32 Å². The van der Waals surface area contributed by atoms with Crippen LogP contribution in [0.2, 0.25) is 0 Å². The summed E-state index contributed by atoms with van der Waals surface area (Å²) in [6.07, 6.45) is 1.92. The quantitative estimate of drug-likeness (QED) is 0.735. The lowest BCUT2D eigenvalue weighted by Crippen LogP contribution is -2.42. The van der Waals surface area contributed by atoms with Crippen molar-refractivity contribution in [1.82, 2.24) is 15.1 Å². The maximum absolute atomic E-state index is 12.0. The third kappa shape index (κ3) is 4.34. The van der Waals surface area contributed by atoms with Crippen molar-refractivity contribution in [3.8, 4) is 0 Å². The van der Waals surface area contributed by atoms with E-state index in [1.807, 2.05) is 0 Å². The number of nitrogens with zero attached hydrogens (tertiary/aromatic N) is 2. The van der Waals surface area contributed by atoms with E-state index in [-0.39, 0.29) is 23.8 Å². The second kappa shape index (κ2) is 7.28. The number of carbonyl (C=O) groups is 3. The Labute approximate surface area is 124 Å². The summed E-state index contributed by atoms with van der Waals surface area (Å²) in [7, 11) is 0. The summed E-state index contributed by atoms with van der Waals surface area (Å²) in [5.41, 5.74) is 0. The lowest BCUT2D eigenvalue weighted by Gasteiger charge is -2.30. The monoisotopic (exact) mass is 297 g/mol. The molecule has 118 valence electrons. The van der Waals surface area contributed by atoms with Gasteiger partial charge in [-0.25, -0.2) is 4.79 Å². The SMILES string of the molecule is CC(=O)N1CCC(C(=O)NCCCN2CCOC2=O)CC1. The van der Waals surface area contributed by atoms with Crippen molar-refractivity contribution in [1.29, 1.82) is 0 Å². The van der Waals surface area contributed by atoms with Crippen molar-refractivity contribution in [3.05, 3.63) is 0 Å². The molecule has 0 saturated carbocycles. The molecular formula is C14H23N3O4. The fraction of sp³-hybridized carbons (Fsp3) is 0.786. The van der Waals surface area contributed by atoms with Crippen LogP contribution in [0.1, 0.15) is 26.2 Å². The molecule has 0 radical (unpaired) electrons. The first kappa shape index (κ1) is 15.6. The molecule has 7 heteroatoms. The Kier molecular flexibility index (Phi) is 5.41. The van der Waals surface area contributed by atoms with Gasteiger partial charge in [0.1, 0.15) is 6.61 Å². The van der Waals surface area contributed by atoms with E-state index in [9.17, 15) is 14.4 Å². The highest BCUT2D eigenvalue weighted by molar-refractivity contribution is 5.79. The van der Waals surface area contributed by atoms with Crippen LogP contribution in [-0.4, -0.2) is 67.0 Å². The minimum absolute atomic E-state index is 0.00245. The molecule has 2 aliphatic rings. The lowest BCUT2D eigenvalue weighted by molar-refractivity contribution is -0.133. The summed E-state index contributed by atoms with van der Waals surface area (Å²) in [6, 6.07) is 0. The Hall–Kier alpha value is -1.79. The first-order valence-electron chi connectivity index (χ1n) is 7.53. The summed E-state index contributed by atoms with van der Waals surface area (Å²) in [5.74, 6) is 0.130. The molecule has 0 atom stereocenters. The van der Waals surface area contributed by atoms with Crippen LogP contribution in [0.15, 0.2) is 0 Å². The summed E-state index contributed by atoms with van der Waals surface area (Å²) in [6.45, 7) is 5.15. The third-order valence-electron chi connectivity index (χ3n) is 4.06. The number of hydrogen-bond donors (Lipinski definition) is 1. The molecule has 2 fully saturated rings. The van der Waals surface area contributed by atoms with E-state index in [0.29, 0.717) is 39.3 Å². The second-order valence-electron chi connectivity index (χ2n) is 5.53. The topological polar surface area (TPSA) is 79.0 Å². The predicted octanol–water partition coefficient (Wildman–Crippen LogP) is 0.203. The Bertz CT molecular complexity index is 405. The highest BCUT2D eigenvalue weighted by Gasteiger charge is 2.26. The first-order valence-corrected chi connectivity index (χ1v) is 7.53. The standard InChI is InChI=1S/C14H23N3O4/c1-11(18)16-7-3-12(4-8-16)13(19)15-5-2-6-17-9-10-21-14(17)20/h12H,2-10H2,1H3,(H,15,19). The predicted molar refractivity (Wildman–Crippen MR) is 75.5 cm³/mol. The first-order chi connectivity index (χ1) is 10.1. The lowest BCUT2D eigenvalue weighted by atomic mass is 9.96. The zero-order valence-electron chi connectivity index (χ0n) is 12.5. The summed E-state index contributed by atoms with van der Waals surface area (Å²) >= 11 is 0. The molecule has 0 aromatic heterocycles. The van der Waals surface area contributed by atoms with Crippen LogP contribution < -0.4 is 5.32 Å². The zero-order chi connectivity index (χ0) is 15.2. The van der Waals surface area contributed by atoms with Gasteiger partial charge in [-0.3, -0.25) is 9.59 Å². The Balaban J connectivity index is 1.59. The van der Waals surface area contributed by atoms with Crippen LogP contribution in [0.25, 0.3) is 0 Å². The number of carbonyl (C=O) groups excluding carboxylic acids is 3. The van der Waals surface area contributed by atoms with Crippen molar-refractivity contribution < 1.29 is 19.1 Å². The number of piperidine rings is 1.